The molecule has 1 fully saturated rings. The summed E-state index contributed by atoms with van der Waals surface area (Å²) in [5.74, 6) is 0.937. The van der Waals surface area contributed by atoms with Gasteiger partial charge in [0, 0.05) is 49.4 Å². The number of piperidine rings is 1. The van der Waals surface area contributed by atoms with Gasteiger partial charge in [0.15, 0.2) is 5.82 Å². The molecule has 2 N–H and O–H groups in total. The van der Waals surface area contributed by atoms with E-state index < -0.39 is 0 Å². The van der Waals surface area contributed by atoms with E-state index in [1.165, 1.54) is 0 Å². The highest BCUT2D eigenvalue weighted by atomic mass is 16.1. The number of hydrogen-bond acceptors (Lipinski definition) is 4. The highest BCUT2D eigenvalue weighted by molar-refractivity contribution is 5.91. The first-order valence-corrected chi connectivity index (χ1v) is 7.86. The predicted octanol–water partition coefficient (Wildman–Crippen LogP) is 1.91. The minimum absolute atomic E-state index is 0.0529. The average molecular weight is 311 g/mol. The molecule has 0 aromatic carbocycles. The van der Waals surface area contributed by atoms with Crippen molar-refractivity contribution in [3.8, 4) is 0 Å². The second-order valence-corrected chi connectivity index (χ2v) is 5.80. The molecule has 1 aliphatic rings. The van der Waals surface area contributed by atoms with Crippen LogP contribution in [0.4, 0.5) is 5.82 Å². The van der Waals surface area contributed by atoms with Crippen molar-refractivity contribution in [2.24, 2.45) is 0 Å². The van der Waals surface area contributed by atoms with Crippen LogP contribution in [0.25, 0.3) is 6.08 Å². The van der Waals surface area contributed by atoms with Crippen LogP contribution in [0, 0.1) is 6.92 Å². The number of anilines is 1. The Labute approximate surface area is 135 Å². The molecule has 0 bridgehead atoms. The molecule has 0 spiro atoms. The topological polar surface area (TPSA) is 73.9 Å². The molecule has 6 heteroatoms. The summed E-state index contributed by atoms with van der Waals surface area (Å²) in [5.41, 5.74) is 1.99. The van der Waals surface area contributed by atoms with Crippen molar-refractivity contribution in [1.82, 2.24) is 20.5 Å². The summed E-state index contributed by atoms with van der Waals surface area (Å²) in [7, 11) is 0. The number of hydrogen-bond donors (Lipinski definition) is 2. The van der Waals surface area contributed by atoms with Gasteiger partial charge in [-0.15, -0.1) is 0 Å². The van der Waals surface area contributed by atoms with Gasteiger partial charge in [-0.2, -0.15) is 5.10 Å². The fourth-order valence-corrected chi connectivity index (χ4v) is 2.71. The van der Waals surface area contributed by atoms with Crippen LogP contribution < -0.4 is 10.2 Å². The summed E-state index contributed by atoms with van der Waals surface area (Å²) in [6.45, 7) is 3.81. The molecule has 3 heterocycles. The van der Waals surface area contributed by atoms with E-state index in [1.54, 1.807) is 24.5 Å². The fourth-order valence-electron chi connectivity index (χ4n) is 2.71. The number of aryl methyl sites for hydroxylation is 1. The maximum atomic E-state index is 12.0. The third-order valence-electron chi connectivity index (χ3n) is 3.97. The fraction of sp³-hybridized carbons (Fsp3) is 0.353. The van der Waals surface area contributed by atoms with E-state index in [0.29, 0.717) is 0 Å². The van der Waals surface area contributed by atoms with Crippen molar-refractivity contribution in [2.75, 3.05) is 18.0 Å². The van der Waals surface area contributed by atoms with Gasteiger partial charge in [-0.05, 0) is 37.5 Å². The van der Waals surface area contributed by atoms with Crippen LogP contribution in [0.2, 0.25) is 0 Å². The van der Waals surface area contributed by atoms with Gasteiger partial charge < -0.3 is 10.2 Å². The van der Waals surface area contributed by atoms with Crippen LogP contribution >= 0.6 is 0 Å². The molecule has 1 aliphatic heterocycles. The van der Waals surface area contributed by atoms with Crippen molar-refractivity contribution >= 4 is 17.8 Å². The molecule has 6 nitrogen and oxygen atoms in total. The number of aromatic nitrogens is 3. The lowest BCUT2D eigenvalue weighted by Crippen LogP contribution is -2.44. The van der Waals surface area contributed by atoms with Gasteiger partial charge in [-0.1, -0.05) is 6.07 Å². The normalized spacial score (nSPS) is 16.0. The van der Waals surface area contributed by atoms with Crippen molar-refractivity contribution in [3.63, 3.8) is 0 Å². The van der Waals surface area contributed by atoms with Gasteiger partial charge in [-0.3, -0.25) is 14.9 Å². The van der Waals surface area contributed by atoms with E-state index in [0.717, 1.165) is 43.0 Å². The Kier molecular flexibility index (Phi) is 4.71. The summed E-state index contributed by atoms with van der Waals surface area (Å²) in [6.07, 6.45) is 8.65. The van der Waals surface area contributed by atoms with E-state index in [9.17, 15) is 4.79 Å². The third kappa shape index (κ3) is 4.18. The molecule has 1 amide bonds. The lowest BCUT2D eigenvalue weighted by atomic mass is 10.0. The Hall–Kier alpha value is -2.63. The summed E-state index contributed by atoms with van der Waals surface area (Å²) in [4.78, 5) is 18.3. The summed E-state index contributed by atoms with van der Waals surface area (Å²) >= 11 is 0. The zero-order chi connectivity index (χ0) is 16.1. The minimum atomic E-state index is -0.0529. The molecule has 0 aliphatic carbocycles. The Balaban J connectivity index is 1.47. The standard InChI is InChI=1S/C17H21N5O/c1-13-11-16(21-20-13)22-9-6-15(7-10-22)19-17(23)5-4-14-3-2-8-18-12-14/h2-5,8,11-12,15H,6-7,9-10H2,1H3,(H,19,23)(H,20,21)/b5-4+. The highest BCUT2D eigenvalue weighted by Gasteiger charge is 2.21. The Bertz CT molecular complexity index is 671. The molecule has 120 valence electrons. The van der Waals surface area contributed by atoms with E-state index in [1.807, 2.05) is 19.1 Å². The summed E-state index contributed by atoms with van der Waals surface area (Å²) in [6, 6.07) is 6.04. The number of nitrogens with zero attached hydrogens (tertiary/aromatic N) is 3. The maximum Gasteiger partial charge on any atom is 0.244 e. The molecule has 3 rings (SSSR count). The SMILES string of the molecule is Cc1cc(N2CCC(NC(=O)/C=C/c3cccnc3)CC2)n[nH]1. The molecule has 0 saturated carbocycles. The Morgan fingerprint density at radius 1 is 1.43 bits per heavy atom. The maximum absolute atomic E-state index is 12.0. The van der Waals surface area contributed by atoms with E-state index in [2.05, 4.69) is 31.5 Å². The number of rotatable bonds is 4. The summed E-state index contributed by atoms with van der Waals surface area (Å²) < 4.78 is 0. The molecule has 2 aromatic heterocycles. The number of H-pyrrole nitrogens is 1. The Morgan fingerprint density at radius 2 is 2.26 bits per heavy atom. The average Bonchev–Trinajstić information content (AvgIpc) is 3.01. The highest BCUT2D eigenvalue weighted by Crippen LogP contribution is 2.18. The number of carbonyl (C=O) groups is 1. The van der Waals surface area contributed by atoms with E-state index in [4.69, 9.17) is 0 Å². The quantitative estimate of drug-likeness (QED) is 0.846. The largest absolute Gasteiger partial charge is 0.355 e. The first-order chi connectivity index (χ1) is 11.2. The van der Waals surface area contributed by atoms with Crippen molar-refractivity contribution in [1.29, 1.82) is 0 Å². The Morgan fingerprint density at radius 3 is 2.91 bits per heavy atom. The first kappa shape index (κ1) is 15.3. The van der Waals surface area contributed by atoms with Gasteiger partial charge in [-0.25, -0.2) is 0 Å². The van der Waals surface area contributed by atoms with Crippen molar-refractivity contribution < 1.29 is 4.79 Å². The monoisotopic (exact) mass is 311 g/mol. The molecule has 0 unspecified atom stereocenters. The molecule has 0 radical (unpaired) electrons. The van der Waals surface area contributed by atoms with E-state index in [-0.39, 0.29) is 11.9 Å². The van der Waals surface area contributed by atoms with Gasteiger partial charge in [0.1, 0.15) is 0 Å². The smallest absolute Gasteiger partial charge is 0.244 e. The van der Waals surface area contributed by atoms with Crippen LogP contribution in [-0.2, 0) is 4.79 Å². The van der Waals surface area contributed by atoms with Gasteiger partial charge >= 0.3 is 0 Å². The van der Waals surface area contributed by atoms with Crippen LogP contribution in [0.3, 0.4) is 0 Å². The number of amides is 1. The molecular formula is C17H21N5O. The van der Waals surface area contributed by atoms with Gasteiger partial charge in [0.2, 0.25) is 5.91 Å². The molecule has 2 aromatic rings. The van der Waals surface area contributed by atoms with Crippen LogP contribution in [0.15, 0.2) is 36.7 Å². The van der Waals surface area contributed by atoms with Crippen LogP contribution in [-0.4, -0.2) is 40.2 Å². The second kappa shape index (κ2) is 7.09. The number of nitrogens with one attached hydrogen (secondary N) is 2. The summed E-state index contributed by atoms with van der Waals surface area (Å²) in [5, 5.41) is 10.3. The second-order valence-electron chi connectivity index (χ2n) is 5.80. The van der Waals surface area contributed by atoms with Gasteiger partial charge in [0.05, 0.1) is 0 Å². The zero-order valence-electron chi connectivity index (χ0n) is 13.2. The number of aromatic amines is 1. The number of pyridine rings is 1. The third-order valence-corrected chi connectivity index (χ3v) is 3.97. The van der Waals surface area contributed by atoms with Crippen molar-refractivity contribution in [2.45, 2.75) is 25.8 Å². The van der Waals surface area contributed by atoms with Gasteiger partial charge in [0.25, 0.3) is 0 Å². The predicted molar refractivity (Wildman–Crippen MR) is 90.0 cm³/mol. The molecule has 23 heavy (non-hydrogen) atoms. The number of carbonyl (C=O) groups excluding carboxylic acids is 1. The molecular weight excluding hydrogens is 290 g/mol. The minimum Gasteiger partial charge on any atom is -0.355 e. The van der Waals surface area contributed by atoms with Crippen LogP contribution in [0.1, 0.15) is 24.1 Å². The van der Waals surface area contributed by atoms with E-state index >= 15 is 0 Å². The molecule has 1 saturated heterocycles. The van der Waals surface area contributed by atoms with Crippen molar-refractivity contribution in [3.05, 3.63) is 47.9 Å². The van der Waals surface area contributed by atoms with Crippen LogP contribution in [0.5, 0.6) is 0 Å². The lowest BCUT2D eigenvalue weighted by molar-refractivity contribution is -0.117. The zero-order valence-corrected chi connectivity index (χ0v) is 13.2. The lowest BCUT2D eigenvalue weighted by Gasteiger charge is -2.32. The first-order valence-electron chi connectivity index (χ1n) is 7.86. The molecule has 0 atom stereocenters.